The van der Waals surface area contributed by atoms with Crippen molar-refractivity contribution in [1.82, 2.24) is 10.2 Å². The molecular formula is C16H17N3O4S. The number of aromatic amines is 1. The van der Waals surface area contributed by atoms with Crippen LogP contribution in [0.3, 0.4) is 0 Å². The topological polar surface area (TPSA) is 110 Å². The Morgan fingerprint density at radius 2 is 2.17 bits per heavy atom. The van der Waals surface area contributed by atoms with Crippen LogP contribution in [-0.2, 0) is 0 Å². The highest BCUT2D eigenvalue weighted by Gasteiger charge is 2.44. The van der Waals surface area contributed by atoms with Crippen LogP contribution >= 0.6 is 12.2 Å². The molecular weight excluding hydrogens is 330 g/mol. The van der Waals surface area contributed by atoms with Gasteiger partial charge in [0.25, 0.3) is 5.56 Å². The van der Waals surface area contributed by atoms with Gasteiger partial charge in [0.05, 0.1) is 0 Å². The molecule has 0 spiro atoms. The van der Waals surface area contributed by atoms with E-state index in [9.17, 15) is 9.90 Å². The minimum Gasteiger partial charge on any atom is -0.485 e. The van der Waals surface area contributed by atoms with E-state index in [0.29, 0.717) is 16.9 Å². The van der Waals surface area contributed by atoms with Crippen LogP contribution in [-0.4, -0.2) is 32.0 Å². The lowest BCUT2D eigenvalue weighted by Gasteiger charge is -2.41. The van der Waals surface area contributed by atoms with Crippen molar-refractivity contribution in [3.8, 4) is 11.6 Å². The molecule has 8 heteroatoms. The molecule has 3 rings (SSSR count). The summed E-state index contributed by atoms with van der Waals surface area (Å²) in [4.78, 5) is 11.4. The van der Waals surface area contributed by atoms with Gasteiger partial charge in [0.1, 0.15) is 22.4 Å². The molecule has 0 amide bonds. The monoisotopic (exact) mass is 347 g/mol. The molecule has 0 aliphatic carbocycles. The van der Waals surface area contributed by atoms with Gasteiger partial charge in [0.2, 0.25) is 5.88 Å². The molecule has 0 saturated carbocycles. The highest BCUT2D eigenvalue weighted by molar-refractivity contribution is 7.80. The highest BCUT2D eigenvalue weighted by Crippen LogP contribution is 2.42. The van der Waals surface area contributed by atoms with Crippen molar-refractivity contribution < 1.29 is 14.6 Å². The van der Waals surface area contributed by atoms with Crippen molar-refractivity contribution >= 4 is 17.2 Å². The van der Waals surface area contributed by atoms with Crippen LogP contribution in [0.25, 0.3) is 0 Å². The number of rotatable bonds is 3. The van der Waals surface area contributed by atoms with Gasteiger partial charge in [-0.1, -0.05) is 12.2 Å². The maximum absolute atomic E-state index is 11.1. The standard InChI is InChI=1S/C16H17N3O4S/c1-16(2)14(21)13(22-12-6-5-11(20)18-19-12)9-7-8(15(17)24)3-4-10(9)23-16/h3-7,13-14,21H,1-2H3,(H2,17,24)(H,18,20)/t13-,14+/m1/s1. The summed E-state index contributed by atoms with van der Waals surface area (Å²) in [5, 5.41) is 16.8. The van der Waals surface area contributed by atoms with Gasteiger partial charge >= 0.3 is 0 Å². The van der Waals surface area contributed by atoms with Crippen molar-refractivity contribution in [1.29, 1.82) is 0 Å². The molecule has 24 heavy (non-hydrogen) atoms. The molecule has 126 valence electrons. The van der Waals surface area contributed by atoms with E-state index >= 15 is 0 Å². The molecule has 1 aromatic carbocycles. The van der Waals surface area contributed by atoms with Gasteiger partial charge in [-0.05, 0) is 32.0 Å². The molecule has 1 aromatic heterocycles. The Kier molecular flexibility index (Phi) is 4.02. The van der Waals surface area contributed by atoms with Crippen LogP contribution in [0, 0.1) is 0 Å². The van der Waals surface area contributed by atoms with Gasteiger partial charge in [0.15, 0.2) is 6.10 Å². The fourth-order valence-electron chi connectivity index (χ4n) is 2.55. The predicted octanol–water partition coefficient (Wildman–Crippen LogP) is 1.06. The number of nitrogens with zero attached hydrogens (tertiary/aromatic N) is 1. The van der Waals surface area contributed by atoms with E-state index in [1.54, 1.807) is 32.0 Å². The predicted molar refractivity (Wildman–Crippen MR) is 91.3 cm³/mol. The fourth-order valence-corrected chi connectivity index (χ4v) is 2.68. The van der Waals surface area contributed by atoms with Gasteiger partial charge in [-0.3, -0.25) is 4.79 Å². The third-order valence-corrected chi connectivity index (χ3v) is 4.11. The summed E-state index contributed by atoms with van der Waals surface area (Å²) >= 11 is 5.01. The van der Waals surface area contributed by atoms with Crippen molar-refractivity contribution in [2.45, 2.75) is 31.7 Å². The number of ether oxygens (including phenoxy) is 2. The quantitative estimate of drug-likeness (QED) is 0.712. The average molecular weight is 347 g/mol. The van der Waals surface area contributed by atoms with Crippen LogP contribution in [0.5, 0.6) is 11.6 Å². The van der Waals surface area contributed by atoms with Crippen LogP contribution < -0.4 is 20.8 Å². The number of hydrogen-bond acceptors (Lipinski definition) is 6. The van der Waals surface area contributed by atoms with E-state index < -0.39 is 17.8 Å². The van der Waals surface area contributed by atoms with Gasteiger partial charge in [0, 0.05) is 23.3 Å². The van der Waals surface area contributed by atoms with E-state index in [1.165, 1.54) is 12.1 Å². The van der Waals surface area contributed by atoms with Crippen molar-refractivity contribution in [2.75, 3.05) is 0 Å². The molecule has 2 atom stereocenters. The normalized spacial score (nSPS) is 21.5. The molecule has 7 nitrogen and oxygen atoms in total. The molecule has 0 radical (unpaired) electrons. The summed E-state index contributed by atoms with van der Waals surface area (Å²) < 4.78 is 11.7. The third kappa shape index (κ3) is 2.98. The molecule has 0 fully saturated rings. The zero-order chi connectivity index (χ0) is 17.5. The maximum Gasteiger partial charge on any atom is 0.264 e. The van der Waals surface area contributed by atoms with E-state index in [4.69, 9.17) is 27.4 Å². The summed E-state index contributed by atoms with van der Waals surface area (Å²) in [6, 6.07) is 7.96. The zero-order valence-electron chi connectivity index (χ0n) is 13.1. The number of benzene rings is 1. The molecule has 1 aliphatic heterocycles. The molecule has 2 heterocycles. The molecule has 0 bridgehead atoms. The number of thiocarbonyl (C=S) groups is 1. The van der Waals surface area contributed by atoms with E-state index in [2.05, 4.69) is 10.2 Å². The Morgan fingerprint density at radius 3 is 2.79 bits per heavy atom. The van der Waals surface area contributed by atoms with Crippen molar-refractivity contribution in [3.63, 3.8) is 0 Å². The number of aliphatic hydroxyl groups is 1. The Labute approximate surface area is 143 Å². The minimum absolute atomic E-state index is 0.183. The van der Waals surface area contributed by atoms with Gasteiger partial charge in [-0.2, -0.15) is 0 Å². The Hall–Kier alpha value is -2.45. The molecule has 0 saturated heterocycles. The number of aliphatic hydroxyl groups excluding tert-OH is 1. The summed E-state index contributed by atoms with van der Waals surface area (Å²) in [5.74, 6) is 0.753. The largest absolute Gasteiger partial charge is 0.485 e. The number of fused-ring (bicyclic) bond motifs is 1. The third-order valence-electron chi connectivity index (χ3n) is 3.87. The van der Waals surface area contributed by atoms with Crippen molar-refractivity contribution in [3.05, 3.63) is 51.8 Å². The van der Waals surface area contributed by atoms with E-state index in [1.807, 2.05) is 0 Å². The number of H-pyrrole nitrogens is 1. The van der Waals surface area contributed by atoms with Gasteiger partial charge < -0.3 is 20.3 Å². The Balaban J connectivity index is 2.05. The Morgan fingerprint density at radius 1 is 1.42 bits per heavy atom. The van der Waals surface area contributed by atoms with Gasteiger partial charge in [-0.15, -0.1) is 5.10 Å². The number of hydrogen-bond donors (Lipinski definition) is 3. The first-order valence-electron chi connectivity index (χ1n) is 7.31. The minimum atomic E-state index is -0.972. The second kappa shape index (κ2) is 5.88. The second-order valence-electron chi connectivity index (χ2n) is 6.07. The first kappa shape index (κ1) is 16.4. The van der Waals surface area contributed by atoms with Crippen LogP contribution in [0.4, 0.5) is 0 Å². The fraction of sp³-hybridized carbons (Fsp3) is 0.312. The smallest absolute Gasteiger partial charge is 0.264 e. The van der Waals surface area contributed by atoms with Crippen molar-refractivity contribution in [2.24, 2.45) is 5.73 Å². The average Bonchev–Trinajstić information content (AvgIpc) is 2.53. The lowest BCUT2D eigenvalue weighted by Crippen LogP contribution is -2.50. The summed E-state index contributed by atoms with van der Waals surface area (Å²) in [7, 11) is 0. The summed E-state index contributed by atoms with van der Waals surface area (Å²) in [5.41, 5.74) is 5.73. The van der Waals surface area contributed by atoms with Crippen LogP contribution in [0.15, 0.2) is 35.1 Å². The lowest BCUT2D eigenvalue weighted by molar-refractivity contribution is -0.104. The van der Waals surface area contributed by atoms with Gasteiger partial charge in [-0.25, -0.2) is 5.10 Å². The Bertz CT molecular complexity index is 829. The van der Waals surface area contributed by atoms with E-state index in [-0.39, 0.29) is 16.4 Å². The molecule has 1 aliphatic rings. The maximum atomic E-state index is 11.1. The second-order valence-corrected chi connectivity index (χ2v) is 6.50. The molecule has 2 aromatic rings. The summed E-state index contributed by atoms with van der Waals surface area (Å²) in [6.45, 7) is 3.53. The number of aromatic nitrogens is 2. The summed E-state index contributed by atoms with van der Waals surface area (Å²) in [6.07, 6.45) is -1.73. The van der Waals surface area contributed by atoms with Crippen LogP contribution in [0.1, 0.15) is 31.1 Å². The van der Waals surface area contributed by atoms with E-state index in [0.717, 1.165) is 0 Å². The first-order chi connectivity index (χ1) is 11.3. The molecule has 4 N–H and O–H groups in total. The van der Waals surface area contributed by atoms with Crippen LogP contribution in [0.2, 0.25) is 0 Å². The zero-order valence-corrected chi connectivity index (χ0v) is 14.0. The highest BCUT2D eigenvalue weighted by atomic mass is 32.1. The number of nitrogens with two attached hydrogens (primary N) is 1. The lowest BCUT2D eigenvalue weighted by atomic mass is 9.87. The first-order valence-corrected chi connectivity index (χ1v) is 7.72. The SMILES string of the molecule is CC1(C)Oc2ccc(C(N)=S)cc2[C@@H](Oc2ccc(=O)[nH]n2)[C@@H]1O. The number of nitrogens with one attached hydrogen (secondary N) is 1. The molecule has 0 unspecified atom stereocenters.